The lowest BCUT2D eigenvalue weighted by Crippen LogP contribution is -1.86. The largest absolute Gasteiger partial charge is 0.236 e. The van der Waals surface area contributed by atoms with Crippen LogP contribution in [0, 0.1) is 19.7 Å². The highest BCUT2D eigenvalue weighted by Crippen LogP contribution is 2.34. The molecule has 0 aliphatic carbocycles. The van der Waals surface area contributed by atoms with Crippen LogP contribution in [-0.4, -0.2) is 4.98 Å². The number of halogens is 1. The van der Waals surface area contributed by atoms with E-state index >= 15 is 0 Å². The summed E-state index contributed by atoms with van der Waals surface area (Å²) in [6, 6.07) is 10.9. The highest BCUT2D eigenvalue weighted by Gasteiger charge is 2.11. The predicted molar refractivity (Wildman–Crippen MR) is 74.5 cm³/mol. The summed E-state index contributed by atoms with van der Waals surface area (Å²) in [7, 11) is 0. The molecule has 2 aromatic carbocycles. The number of nitrogens with zero attached hydrogens (tertiary/aromatic N) is 1. The predicted octanol–water partition coefficient (Wildman–Crippen LogP) is 4.72. The van der Waals surface area contributed by atoms with Crippen molar-refractivity contribution in [1.29, 1.82) is 0 Å². The Morgan fingerprint density at radius 3 is 2.50 bits per heavy atom. The molecule has 3 heteroatoms. The molecule has 18 heavy (non-hydrogen) atoms. The number of aryl methyl sites for hydroxylation is 2. The van der Waals surface area contributed by atoms with Gasteiger partial charge < -0.3 is 0 Å². The molecule has 0 amide bonds. The Balaban J connectivity index is 2.26. The number of thiazole rings is 1. The molecule has 0 radical (unpaired) electrons. The first kappa shape index (κ1) is 11.4. The second kappa shape index (κ2) is 4.18. The molecule has 0 N–H and O–H groups in total. The molecule has 0 fully saturated rings. The van der Waals surface area contributed by atoms with Gasteiger partial charge in [0.1, 0.15) is 10.8 Å². The van der Waals surface area contributed by atoms with Crippen molar-refractivity contribution in [2.75, 3.05) is 0 Å². The summed E-state index contributed by atoms with van der Waals surface area (Å²) in [6.07, 6.45) is 0. The van der Waals surface area contributed by atoms with E-state index in [2.05, 4.69) is 31.0 Å². The van der Waals surface area contributed by atoms with Crippen LogP contribution in [-0.2, 0) is 0 Å². The van der Waals surface area contributed by atoms with E-state index in [4.69, 9.17) is 0 Å². The van der Waals surface area contributed by atoms with E-state index in [-0.39, 0.29) is 5.82 Å². The zero-order valence-corrected chi connectivity index (χ0v) is 11.0. The Bertz CT molecular complexity index is 710. The van der Waals surface area contributed by atoms with Crippen molar-refractivity contribution in [1.82, 2.24) is 4.98 Å². The highest BCUT2D eigenvalue weighted by atomic mass is 32.1. The third kappa shape index (κ3) is 1.81. The maximum atomic E-state index is 13.2. The van der Waals surface area contributed by atoms with E-state index in [1.54, 1.807) is 23.5 Å². The second-order valence-electron chi connectivity index (χ2n) is 4.40. The maximum absolute atomic E-state index is 13.2. The summed E-state index contributed by atoms with van der Waals surface area (Å²) in [5, 5.41) is 0.964. The molecule has 3 aromatic rings. The van der Waals surface area contributed by atoms with Gasteiger partial charge in [0.25, 0.3) is 0 Å². The van der Waals surface area contributed by atoms with Gasteiger partial charge in [-0.3, -0.25) is 0 Å². The van der Waals surface area contributed by atoms with Crippen LogP contribution >= 0.6 is 11.3 Å². The van der Waals surface area contributed by atoms with Gasteiger partial charge in [0.15, 0.2) is 0 Å². The fourth-order valence-electron chi connectivity index (χ4n) is 2.16. The Kier molecular flexibility index (Phi) is 2.63. The van der Waals surface area contributed by atoms with Crippen molar-refractivity contribution in [2.24, 2.45) is 0 Å². The minimum absolute atomic E-state index is 0.209. The molecule has 0 saturated heterocycles. The fourth-order valence-corrected chi connectivity index (χ4v) is 3.32. The molecule has 0 spiro atoms. The van der Waals surface area contributed by atoms with Crippen LogP contribution in [0.4, 0.5) is 4.39 Å². The Morgan fingerprint density at radius 1 is 1.06 bits per heavy atom. The molecule has 1 heterocycles. The van der Waals surface area contributed by atoms with Crippen LogP contribution in [0.25, 0.3) is 20.8 Å². The first-order valence-electron chi connectivity index (χ1n) is 5.78. The van der Waals surface area contributed by atoms with Crippen LogP contribution in [0.3, 0.4) is 0 Å². The maximum Gasteiger partial charge on any atom is 0.125 e. The molecule has 0 atom stereocenters. The van der Waals surface area contributed by atoms with Crippen molar-refractivity contribution in [3.05, 3.63) is 53.3 Å². The summed E-state index contributed by atoms with van der Waals surface area (Å²) in [5.41, 5.74) is 4.43. The first-order chi connectivity index (χ1) is 8.65. The molecule has 90 valence electrons. The lowest BCUT2D eigenvalue weighted by molar-refractivity contribution is 0.630. The third-order valence-electron chi connectivity index (χ3n) is 3.05. The van der Waals surface area contributed by atoms with E-state index < -0.39 is 0 Å². The quantitative estimate of drug-likeness (QED) is 0.614. The summed E-state index contributed by atoms with van der Waals surface area (Å²) in [5.74, 6) is -0.209. The second-order valence-corrected chi connectivity index (χ2v) is 5.43. The molecule has 0 aliphatic heterocycles. The number of hydrogen-bond donors (Lipinski definition) is 0. The lowest BCUT2D eigenvalue weighted by atomic mass is 10.0. The van der Waals surface area contributed by atoms with Gasteiger partial charge >= 0.3 is 0 Å². The summed E-state index contributed by atoms with van der Waals surface area (Å²) >= 11 is 1.54. The van der Waals surface area contributed by atoms with Gasteiger partial charge in [0.2, 0.25) is 0 Å². The molecular formula is C15H12FNS. The van der Waals surface area contributed by atoms with Gasteiger partial charge in [-0.05, 0) is 43.2 Å². The van der Waals surface area contributed by atoms with Crippen LogP contribution in [0.1, 0.15) is 11.1 Å². The molecule has 1 nitrogen and oxygen atoms in total. The van der Waals surface area contributed by atoms with E-state index in [0.717, 1.165) is 15.2 Å². The van der Waals surface area contributed by atoms with Crippen molar-refractivity contribution >= 4 is 21.6 Å². The molecule has 0 bridgehead atoms. The van der Waals surface area contributed by atoms with Gasteiger partial charge in [0.05, 0.1) is 10.2 Å². The van der Waals surface area contributed by atoms with E-state index in [9.17, 15) is 4.39 Å². The molecule has 3 rings (SSSR count). The van der Waals surface area contributed by atoms with Gasteiger partial charge in [-0.1, -0.05) is 18.2 Å². The first-order valence-corrected chi connectivity index (χ1v) is 6.59. The van der Waals surface area contributed by atoms with E-state index in [1.807, 2.05) is 6.07 Å². The summed E-state index contributed by atoms with van der Waals surface area (Å²) in [4.78, 5) is 4.60. The smallest absolute Gasteiger partial charge is 0.125 e. The van der Waals surface area contributed by atoms with E-state index in [0.29, 0.717) is 0 Å². The molecule has 0 aliphatic rings. The zero-order valence-electron chi connectivity index (χ0n) is 10.2. The fraction of sp³-hybridized carbons (Fsp3) is 0.133. The summed E-state index contributed by atoms with van der Waals surface area (Å²) in [6.45, 7) is 4.16. The summed E-state index contributed by atoms with van der Waals surface area (Å²) < 4.78 is 14.1. The van der Waals surface area contributed by atoms with Crippen LogP contribution in [0.15, 0.2) is 36.4 Å². The Labute approximate surface area is 109 Å². The minimum atomic E-state index is -0.209. The number of rotatable bonds is 1. The van der Waals surface area contributed by atoms with E-state index in [1.165, 1.54) is 22.8 Å². The number of aromatic nitrogens is 1. The zero-order chi connectivity index (χ0) is 12.7. The number of hydrogen-bond acceptors (Lipinski definition) is 2. The molecular weight excluding hydrogens is 245 g/mol. The van der Waals surface area contributed by atoms with Crippen molar-refractivity contribution in [3.63, 3.8) is 0 Å². The number of benzene rings is 2. The average Bonchev–Trinajstić information content (AvgIpc) is 2.71. The van der Waals surface area contributed by atoms with Crippen molar-refractivity contribution < 1.29 is 4.39 Å². The SMILES string of the molecule is Cc1cccc(C)c1-c1nc2ccc(F)cc2s1. The molecule has 0 saturated carbocycles. The third-order valence-corrected chi connectivity index (χ3v) is 4.08. The van der Waals surface area contributed by atoms with Crippen LogP contribution in [0.5, 0.6) is 0 Å². The molecule has 0 unspecified atom stereocenters. The van der Waals surface area contributed by atoms with Gasteiger partial charge in [-0.25, -0.2) is 9.37 Å². The van der Waals surface area contributed by atoms with Gasteiger partial charge in [0, 0.05) is 5.56 Å². The minimum Gasteiger partial charge on any atom is -0.236 e. The monoisotopic (exact) mass is 257 g/mol. The van der Waals surface area contributed by atoms with Gasteiger partial charge in [-0.2, -0.15) is 0 Å². The highest BCUT2D eigenvalue weighted by molar-refractivity contribution is 7.21. The van der Waals surface area contributed by atoms with Gasteiger partial charge in [-0.15, -0.1) is 11.3 Å². The Hall–Kier alpha value is -1.74. The number of fused-ring (bicyclic) bond motifs is 1. The standard InChI is InChI=1S/C15H12FNS/c1-9-4-3-5-10(2)14(9)15-17-12-7-6-11(16)8-13(12)18-15/h3-8H,1-2H3. The normalized spacial score (nSPS) is 11.1. The average molecular weight is 257 g/mol. The van der Waals surface area contributed by atoms with Crippen molar-refractivity contribution in [2.45, 2.75) is 13.8 Å². The Morgan fingerprint density at radius 2 is 1.78 bits per heavy atom. The lowest BCUT2D eigenvalue weighted by Gasteiger charge is -2.05. The molecule has 1 aromatic heterocycles. The van der Waals surface area contributed by atoms with Crippen molar-refractivity contribution in [3.8, 4) is 10.6 Å². The van der Waals surface area contributed by atoms with Crippen LogP contribution < -0.4 is 0 Å². The van der Waals surface area contributed by atoms with Crippen LogP contribution in [0.2, 0.25) is 0 Å². The topological polar surface area (TPSA) is 12.9 Å².